The van der Waals surface area contributed by atoms with E-state index in [1.54, 1.807) is 12.1 Å². The number of allylic oxidation sites excluding steroid dienone is 3. The molecule has 2 N–H and O–H groups in total. The van der Waals surface area contributed by atoms with Gasteiger partial charge in [-0.15, -0.1) is 0 Å². The standard InChI is InChI=1S/C39H48BF2N2O4/c1-3-5-7-9-11-13-25-45-32-19-15-17-30(27-32)34-21-23-36(43-34)38-29-39(48-40(41,42)47-38)37-24-22-35(44-37)31-18-16-20-33(28-31)46-26-14-12-10-8-6-4-2/h15-24,27-29,43H,3-14,25-26H2,1-2H3/q-1/p+1/b39-37-. The van der Waals surface area contributed by atoms with Gasteiger partial charge in [0.2, 0.25) is 11.4 Å². The van der Waals surface area contributed by atoms with Gasteiger partial charge >= 0.3 is 7.11 Å². The molecule has 9 heteroatoms. The van der Waals surface area contributed by atoms with Gasteiger partial charge in [0.1, 0.15) is 17.3 Å². The molecule has 0 saturated carbocycles. The minimum atomic E-state index is -4.58. The van der Waals surface area contributed by atoms with Gasteiger partial charge in [-0.3, -0.25) is 0 Å². The topological polar surface area (TPSA) is 66.7 Å². The summed E-state index contributed by atoms with van der Waals surface area (Å²) in [6, 6.07) is 19.1. The van der Waals surface area contributed by atoms with Gasteiger partial charge in [-0.25, -0.2) is 4.99 Å². The Hall–Kier alpha value is -4.27. The first-order valence-electron chi connectivity index (χ1n) is 17.8. The van der Waals surface area contributed by atoms with Crippen molar-refractivity contribution in [3.63, 3.8) is 0 Å². The van der Waals surface area contributed by atoms with Gasteiger partial charge in [-0.1, -0.05) is 96.3 Å². The molecule has 0 saturated heterocycles. The number of hydrogen-bond acceptors (Lipinski definition) is 4. The van der Waals surface area contributed by atoms with E-state index in [4.69, 9.17) is 18.8 Å². The number of rotatable bonds is 19. The zero-order chi connectivity index (χ0) is 33.6. The van der Waals surface area contributed by atoms with Crippen molar-refractivity contribution in [2.24, 2.45) is 0 Å². The predicted octanol–water partition coefficient (Wildman–Crippen LogP) is 9.27. The highest BCUT2D eigenvalue weighted by Crippen LogP contribution is 2.34. The molecule has 256 valence electrons. The second kappa shape index (κ2) is 17.8. The average Bonchev–Trinajstić information content (AvgIpc) is 3.79. The maximum Gasteiger partial charge on any atom is 0.726 e. The molecule has 1 aromatic heterocycles. The zero-order valence-corrected chi connectivity index (χ0v) is 28.4. The molecule has 2 aliphatic rings. The van der Waals surface area contributed by atoms with E-state index in [2.05, 4.69) is 23.8 Å². The summed E-state index contributed by atoms with van der Waals surface area (Å²) in [4.78, 5) is 6.48. The van der Waals surface area contributed by atoms with Gasteiger partial charge in [0.05, 0.1) is 18.9 Å². The monoisotopic (exact) mass is 658 g/mol. The van der Waals surface area contributed by atoms with Crippen LogP contribution in [0.1, 0.15) is 102 Å². The van der Waals surface area contributed by atoms with E-state index in [0.29, 0.717) is 24.6 Å². The van der Waals surface area contributed by atoms with E-state index in [1.165, 1.54) is 57.4 Å². The van der Waals surface area contributed by atoms with E-state index >= 15 is 0 Å². The molecule has 0 aliphatic carbocycles. The van der Waals surface area contributed by atoms with Crippen LogP contribution in [-0.4, -0.2) is 31.0 Å². The van der Waals surface area contributed by atoms with Crippen molar-refractivity contribution in [2.75, 3.05) is 13.2 Å². The largest absolute Gasteiger partial charge is 0.726 e. The van der Waals surface area contributed by atoms with Gasteiger partial charge < -0.3 is 32.4 Å². The van der Waals surface area contributed by atoms with Gasteiger partial charge in [-0.05, 0) is 55.3 Å². The van der Waals surface area contributed by atoms with Crippen molar-refractivity contribution in [2.45, 2.75) is 90.9 Å². The number of unbranched alkanes of at least 4 members (excludes halogenated alkanes) is 10. The third-order valence-corrected chi connectivity index (χ3v) is 8.52. The van der Waals surface area contributed by atoms with E-state index < -0.39 is 7.11 Å². The van der Waals surface area contributed by atoms with Crippen LogP contribution in [0.5, 0.6) is 11.5 Å². The lowest BCUT2D eigenvalue weighted by molar-refractivity contribution is -0.388. The predicted molar refractivity (Wildman–Crippen MR) is 190 cm³/mol. The molecule has 6 nitrogen and oxygen atoms in total. The van der Waals surface area contributed by atoms with Crippen LogP contribution < -0.4 is 14.5 Å². The van der Waals surface area contributed by atoms with Crippen LogP contribution in [0.4, 0.5) is 8.63 Å². The van der Waals surface area contributed by atoms with Gasteiger partial charge in [0.15, 0.2) is 5.76 Å². The normalized spacial score (nSPS) is 16.7. The number of aromatic nitrogens is 1. The van der Waals surface area contributed by atoms with Crippen LogP contribution in [0.3, 0.4) is 0 Å². The minimum absolute atomic E-state index is 0.00391. The fraction of sp³-hybridized carbons (Fsp3) is 0.410. The zero-order valence-electron chi connectivity index (χ0n) is 28.4. The highest BCUT2D eigenvalue weighted by molar-refractivity contribution is 6.53. The molecule has 0 radical (unpaired) electrons. The summed E-state index contributed by atoms with van der Waals surface area (Å²) in [5.41, 5.74) is 4.17. The summed E-state index contributed by atoms with van der Waals surface area (Å²) in [7, 11) is -4.58. The summed E-state index contributed by atoms with van der Waals surface area (Å²) >= 11 is 0. The van der Waals surface area contributed by atoms with Crippen molar-refractivity contribution in [1.82, 2.24) is 4.98 Å². The van der Waals surface area contributed by atoms with Crippen molar-refractivity contribution in [3.05, 3.63) is 102 Å². The van der Waals surface area contributed by atoms with Gasteiger partial charge in [0.25, 0.3) is 0 Å². The number of benzene rings is 2. The number of hydrogen-bond donors (Lipinski definition) is 2. The van der Waals surface area contributed by atoms with Crippen LogP contribution in [0, 0.1) is 0 Å². The highest BCUT2D eigenvalue weighted by Gasteiger charge is 2.40. The molecule has 0 bridgehead atoms. The third-order valence-electron chi connectivity index (χ3n) is 8.52. The second-order valence-electron chi connectivity index (χ2n) is 12.5. The first-order valence-corrected chi connectivity index (χ1v) is 17.8. The Morgan fingerprint density at radius 3 is 1.92 bits per heavy atom. The molecule has 5 rings (SSSR count). The lowest BCUT2D eigenvalue weighted by Crippen LogP contribution is -2.68. The van der Waals surface area contributed by atoms with Crippen LogP contribution >= 0.6 is 0 Å². The Balaban J connectivity index is 1.23. The number of halogens is 2. The number of aromatic amines is 1. The molecule has 0 unspecified atom stereocenters. The summed E-state index contributed by atoms with van der Waals surface area (Å²) in [5.74, 6) is 1.57. The minimum Gasteiger partial charge on any atom is -0.626 e. The molecule has 2 aliphatic heterocycles. The van der Waals surface area contributed by atoms with Gasteiger partial charge in [-0.2, -0.15) is 0 Å². The second-order valence-corrected chi connectivity index (χ2v) is 12.5. The fourth-order valence-corrected chi connectivity index (χ4v) is 5.86. The van der Waals surface area contributed by atoms with E-state index in [-0.39, 0.29) is 11.5 Å². The summed E-state index contributed by atoms with van der Waals surface area (Å²) < 4.78 is 51.6. The molecule has 0 atom stereocenters. The molecule has 0 spiro atoms. The van der Waals surface area contributed by atoms with Crippen LogP contribution in [0.2, 0.25) is 0 Å². The Morgan fingerprint density at radius 1 is 0.667 bits per heavy atom. The molecule has 3 aromatic rings. The first-order chi connectivity index (χ1) is 23.4. The molecule has 3 heterocycles. The maximum atomic E-state index is 14.8. The Bertz CT molecular complexity index is 1610. The smallest absolute Gasteiger partial charge is 0.626 e. The number of ether oxygens (including phenoxy) is 2. The summed E-state index contributed by atoms with van der Waals surface area (Å²) in [5, 5.41) is 0. The quantitative estimate of drug-likeness (QED) is 0.0996. The van der Waals surface area contributed by atoms with E-state index in [0.717, 1.165) is 59.7 Å². The molecule has 0 fully saturated rings. The summed E-state index contributed by atoms with van der Waals surface area (Å²) in [6.45, 7) is 5.77. The molecular weight excluding hydrogens is 609 g/mol. The number of H-pyrrole nitrogens is 1. The summed E-state index contributed by atoms with van der Waals surface area (Å²) in [6.07, 6.45) is 19.5. The number of nitrogens with one attached hydrogen (secondary N) is 2. The molecule has 0 amide bonds. The molecular formula is C39H49BF2N2O4. The van der Waals surface area contributed by atoms with Crippen LogP contribution in [-0.2, 0) is 9.31 Å². The van der Waals surface area contributed by atoms with Gasteiger partial charge in [0, 0.05) is 35.0 Å². The molecule has 48 heavy (non-hydrogen) atoms. The van der Waals surface area contributed by atoms with Crippen molar-refractivity contribution in [1.29, 1.82) is 0 Å². The molecule has 2 aromatic carbocycles. The van der Waals surface area contributed by atoms with E-state index in [9.17, 15) is 8.63 Å². The fourth-order valence-electron chi connectivity index (χ4n) is 5.86. The Labute approximate surface area is 284 Å². The van der Waals surface area contributed by atoms with Crippen LogP contribution in [0.15, 0.2) is 90.3 Å². The SMILES string of the molecule is CCCCCCCCOc1cccc(C2=[NH+]/C(=C3/C=C(c4ccc(-c5cccc(OCCCCCCCC)c5)[nH]4)O[B-](F)(F)O3)C=C2)c1. The Kier molecular flexibility index (Phi) is 13.0. The van der Waals surface area contributed by atoms with Crippen molar-refractivity contribution >= 4 is 18.6 Å². The lowest BCUT2D eigenvalue weighted by atomic mass is 10.1. The van der Waals surface area contributed by atoms with E-state index in [1.807, 2.05) is 60.7 Å². The van der Waals surface area contributed by atoms with Crippen LogP contribution in [0.25, 0.3) is 17.0 Å². The first kappa shape index (κ1) is 35.1. The lowest BCUT2D eigenvalue weighted by Gasteiger charge is -2.33. The Morgan fingerprint density at radius 2 is 1.25 bits per heavy atom. The average molecular weight is 659 g/mol. The maximum absolute atomic E-state index is 14.8. The highest BCUT2D eigenvalue weighted by atomic mass is 19.3. The van der Waals surface area contributed by atoms with Crippen molar-refractivity contribution in [3.8, 4) is 22.8 Å². The van der Waals surface area contributed by atoms with Crippen molar-refractivity contribution < 1.29 is 32.4 Å². The third kappa shape index (κ3) is 10.4.